The van der Waals surface area contributed by atoms with Crippen molar-refractivity contribution < 1.29 is 14.0 Å². The maximum atomic E-state index is 11.8. The van der Waals surface area contributed by atoms with Gasteiger partial charge in [0.1, 0.15) is 0 Å². The summed E-state index contributed by atoms with van der Waals surface area (Å²) in [5, 5.41) is 4.51. The molecule has 0 unspecified atom stereocenters. The summed E-state index contributed by atoms with van der Waals surface area (Å²) in [6, 6.07) is 5.39. The normalized spacial score (nSPS) is 10.8. The van der Waals surface area contributed by atoms with Crippen LogP contribution in [0.4, 0.5) is 0 Å². The summed E-state index contributed by atoms with van der Waals surface area (Å²) in [6.45, 7) is 3.54. The van der Waals surface area contributed by atoms with Gasteiger partial charge in [0.2, 0.25) is 11.7 Å². The van der Waals surface area contributed by atoms with Gasteiger partial charge in [-0.05, 0) is 32.0 Å². The SMILES string of the molecule is COc1ccc(-c2noc(CSc3nc(C)c(C)c(=O)[nH]3)n2)cc1OC. The van der Waals surface area contributed by atoms with Crippen LogP contribution < -0.4 is 15.0 Å². The molecule has 0 aliphatic heterocycles. The molecule has 0 fully saturated rings. The van der Waals surface area contributed by atoms with Crippen molar-refractivity contribution in [2.24, 2.45) is 0 Å². The quantitative estimate of drug-likeness (QED) is 0.519. The molecule has 3 aromatic rings. The highest BCUT2D eigenvalue weighted by molar-refractivity contribution is 7.98. The fourth-order valence-corrected chi connectivity index (χ4v) is 2.97. The van der Waals surface area contributed by atoms with Gasteiger partial charge in [-0.3, -0.25) is 4.79 Å². The zero-order valence-electron chi connectivity index (χ0n) is 14.8. The van der Waals surface area contributed by atoms with Gasteiger partial charge in [-0.1, -0.05) is 16.9 Å². The first-order chi connectivity index (χ1) is 12.5. The van der Waals surface area contributed by atoms with E-state index in [9.17, 15) is 4.79 Å². The Labute approximate surface area is 154 Å². The number of aryl methyl sites for hydroxylation is 1. The van der Waals surface area contributed by atoms with E-state index >= 15 is 0 Å². The van der Waals surface area contributed by atoms with Gasteiger partial charge in [-0.15, -0.1) is 0 Å². The molecule has 136 valence electrons. The van der Waals surface area contributed by atoms with Gasteiger partial charge in [0.25, 0.3) is 5.56 Å². The highest BCUT2D eigenvalue weighted by Gasteiger charge is 2.13. The van der Waals surface area contributed by atoms with Crippen molar-refractivity contribution >= 4 is 11.8 Å². The topological polar surface area (TPSA) is 103 Å². The lowest BCUT2D eigenvalue weighted by Crippen LogP contribution is -2.14. The summed E-state index contributed by atoms with van der Waals surface area (Å²) in [4.78, 5) is 23.2. The molecule has 9 heteroatoms. The molecule has 0 amide bonds. The molecule has 0 radical (unpaired) electrons. The number of rotatable bonds is 6. The molecule has 0 aliphatic rings. The smallest absolute Gasteiger partial charge is 0.254 e. The first-order valence-corrected chi connectivity index (χ1v) is 8.75. The molecule has 2 aromatic heterocycles. The predicted molar refractivity (Wildman–Crippen MR) is 96.7 cm³/mol. The third-order valence-corrected chi connectivity index (χ3v) is 4.67. The Morgan fingerprint density at radius 3 is 2.62 bits per heavy atom. The summed E-state index contributed by atoms with van der Waals surface area (Å²) >= 11 is 1.33. The average Bonchev–Trinajstić information content (AvgIpc) is 3.12. The van der Waals surface area contributed by atoms with Gasteiger partial charge in [0.15, 0.2) is 16.7 Å². The van der Waals surface area contributed by atoms with Crippen LogP contribution in [-0.4, -0.2) is 34.3 Å². The minimum absolute atomic E-state index is 0.142. The van der Waals surface area contributed by atoms with Crippen LogP contribution in [0.3, 0.4) is 0 Å². The molecule has 1 aromatic carbocycles. The van der Waals surface area contributed by atoms with E-state index in [-0.39, 0.29) is 5.56 Å². The summed E-state index contributed by atoms with van der Waals surface area (Å²) in [7, 11) is 3.14. The fourth-order valence-electron chi connectivity index (χ4n) is 2.22. The van der Waals surface area contributed by atoms with Crippen molar-refractivity contribution in [3.63, 3.8) is 0 Å². The largest absolute Gasteiger partial charge is 0.493 e. The number of aromatic nitrogens is 4. The van der Waals surface area contributed by atoms with Crippen LogP contribution in [0.25, 0.3) is 11.4 Å². The number of ether oxygens (including phenoxy) is 2. The van der Waals surface area contributed by atoms with E-state index in [1.807, 2.05) is 6.07 Å². The average molecular weight is 374 g/mol. The zero-order valence-corrected chi connectivity index (χ0v) is 15.6. The molecule has 3 rings (SSSR count). The Kier molecular flexibility index (Phi) is 5.27. The second-order valence-corrected chi connectivity index (χ2v) is 6.42. The van der Waals surface area contributed by atoms with E-state index < -0.39 is 0 Å². The Bertz CT molecular complexity index is 983. The molecular weight excluding hydrogens is 356 g/mol. The number of H-pyrrole nitrogens is 1. The number of methoxy groups -OCH3 is 2. The molecule has 8 nitrogen and oxygen atoms in total. The van der Waals surface area contributed by atoms with Gasteiger partial charge < -0.3 is 19.0 Å². The second-order valence-electron chi connectivity index (χ2n) is 5.45. The summed E-state index contributed by atoms with van der Waals surface area (Å²) in [6.07, 6.45) is 0. The zero-order chi connectivity index (χ0) is 18.7. The number of aromatic amines is 1. The van der Waals surface area contributed by atoms with Gasteiger partial charge in [0.05, 0.1) is 20.0 Å². The monoisotopic (exact) mass is 374 g/mol. The maximum absolute atomic E-state index is 11.8. The van der Waals surface area contributed by atoms with Gasteiger partial charge in [-0.25, -0.2) is 4.98 Å². The first-order valence-electron chi connectivity index (χ1n) is 7.77. The second kappa shape index (κ2) is 7.61. The maximum Gasteiger partial charge on any atom is 0.254 e. The van der Waals surface area contributed by atoms with Crippen molar-refractivity contribution in [2.45, 2.75) is 24.8 Å². The third kappa shape index (κ3) is 3.72. The number of thioether (sulfide) groups is 1. The van der Waals surface area contributed by atoms with Gasteiger partial charge >= 0.3 is 0 Å². The van der Waals surface area contributed by atoms with Crippen LogP contribution in [-0.2, 0) is 5.75 Å². The highest BCUT2D eigenvalue weighted by atomic mass is 32.2. The Balaban J connectivity index is 1.75. The summed E-state index contributed by atoms with van der Waals surface area (Å²) < 4.78 is 15.8. The number of hydrogen-bond donors (Lipinski definition) is 1. The van der Waals surface area contributed by atoms with Crippen LogP contribution in [0.15, 0.2) is 32.7 Å². The van der Waals surface area contributed by atoms with Crippen LogP contribution >= 0.6 is 11.8 Å². The third-order valence-electron chi connectivity index (χ3n) is 3.82. The van der Waals surface area contributed by atoms with Gasteiger partial charge in [-0.2, -0.15) is 4.98 Å². The molecule has 0 saturated heterocycles. The van der Waals surface area contributed by atoms with E-state index in [1.165, 1.54) is 11.8 Å². The fraction of sp³-hybridized carbons (Fsp3) is 0.294. The Hall–Kier alpha value is -2.81. The van der Waals surface area contributed by atoms with E-state index in [1.54, 1.807) is 40.2 Å². The minimum atomic E-state index is -0.142. The van der Waals surface area contributed by atoms with E-state index in [4.69, 9.17) is 14.0 Å². The lowest BCUT2D eigenvalue weighted by molar-refractivity contribution is 0.355. The molecule has 0 bridgehead atoms. The van der Waals surface area contributed by atoms with Crippen molar-refractivity contribution in [1.29, 1.82) is 0 Å². The molecule has 0 spiro atoms. The van der Waals surface area contributed by atoms with E-state index in [0.29, 0.717) is 45.4 Å². The molecule has 0 atom stereocenters. The molecule has 0 aliphatic carbocycles. The summed E-state index contributed by atoms with van der Waals surface area (Å²) in [5.41, 5.74) is 1.92. The standard InChI is InChI=1S/C17H18N4O4S/c1-9-10(2)18-17(20-16(9)22)26-8-14-19-15(21-25-14)11-5-6-12(23-3)13(7-11)24-4/h5-7H,8H2,1-4H3,(H,18,20,22). The van der Waals surface area contributed by atoms with Crippen molar-refractivity contribution in [3.8, 4) is 22.9 Å². The molecule has 2 heterocycles. The van der Waals surface area contributed by atoms with Crippen LogP contribution in [0.2, 0.25) is 0 Å². The van der Waals surface area contributed by atoms with Crippen LogP contribution in [0.5, 0.6) is 11.5 Å². The lowest BCUT2D eigenvalue weighted by Gasteiger charge is -2.07. The van der Waals surface area contributed by atoms with Crippen LogP contribution in [0.1, 0.15) is 17.1 Å². The number of hydrogen-bond acceptors (Lipinski definition) is 8. The minimum Gasteiger partial charge on any atom is -0.493 e. The van der Waals surface area contributed by atoms with Crippen LogP contribution in [0, 0.1) is 13.8 Å². The number of benzene rings is 1. The first kappa shape index (κ1) is 18.0. The molecule has 26 heavy (non-hydrogen) atoms. The Morgan fingerprint density at radius 1 is 1.15 bits per heavy atom. The van der Waals surface area contributed by atoms with Crippen molar-refractivity contribution in [1.82, 2.24) is 20.1 Å². The molecule has 1 N–H and O–H groups in total. The lowest BCUT2D eigenvalue weighted by atomic mass is 10.2. The number of nitrogens with zero attached hydrogens (tertiary/aromatic N) is 3. The Morgan fingerprint density at radius 2 is 1.92 bits per heavy atom. The van der Waals surface area contributed by atoms with Crippen molar-refractivity contribution in [2.75, 3.05) is 14.2 Å². The molecule has 0 saturated carbocycles. The van der Waals surface area contributed by atoms with Gasteiger partial charge in [0, 0.05) is 16.8 Å². The number of nitrogens with one attached hydrogen (secondary N) is 1. The van der Waals surface area contributed by atoms with E-state index in [0.717, 1.165) is 5.56 Å². The van der Waals surface area contributed by atoms with Crippen molar-refractivity contribution in [3.05, 3.63) is 45.7 Å². The highest BCUT2D eigenvalue weighted by Crippen LogP contribution is 2.31. The summed E-state index contributed by atoms with van der Waals surface area (Å²) in [5.74, 6) is 2.48. The molecular formula is C17H18N4O4S. The predicted octanol–water partition coefficient (Wildman–Crippen LogP) is 2.75. The van der Waals surface area contributed by atoms with E-state index in [2.05, 4.69) is 20.1 Å².